The molecule has 9 aliphatic rings. The Morgan fingerprint density at radius 3 is 2.06 bits per heavy atom. The number of allylic oxidation sites excluding steroid dienone is 2. The summed E-state index contributed by atoms with van der Waals surface area (Å²) >= 11 is 0. The van der Waals surface area contributed by atoms with Crippen LogP contribution in [0.1, 0.15) is 201 Å². The molecule has 290 valence electrons. The molecule has 10 rings (SSSR count). The third-order valence-corrected chi connectivity index (χ3v) is 19.2. The van der Waals surface area contributed by atoms with Gasteiger partial charge in [0.1, 0.15) is 0 Å². The SMILES string of the molecule is CC1CC2C3B(C4=C5C(CC(C(C)(C)C)C4)C4(CCCCC4)C(C)(C)N5C3C1)c1cc(C3CCCCC3)ccc1N2C1CCC(C2CCCCC2)CC1. The summed E-state index contributed by atoms with van der Waals surface area (Å²) in [5, 5.41) is 0. The van der Waals surface area contributed by atoms with Crippen molar-refractivity contribution < 1.29 is 0 Å². The summed E-state index contributed by atoms with van der Waals surface area (Å²) in [6.07, 6.45) is 33.5. The highest BCUT2D eigenvalue weighted by Crippen LogP contribution is 2.70. The molecule has 3 heterocycles. The van der Waals surface area contributed by atoms with Crippen LogP contribution in [0.4, 0.5) is 5.69 Å². The van der Waals surface area contributed by atoms with Crippen molar-refractivity contribution in [2.45, 2.75) is 225 Å². The second-order valence-electron chi connectivity index (χ2n) is 22.9. The largest absolute Gasteiger partial charge is 0.367 e. The monoisotopic (exact) mass is 717 g/mol. The van der Waals surface area contributed by atoms with Crippen LogP contribution in [-0.4, -0.2) is 35.3 Å². The molecule has 1 aromatic rings. The number of hydrogen-bond donors (Lipinski definition) is 0. The van der Waals surface area contributed by atoms with E-state index in [-0.39, 0.29) is 5.54 Å². The number of nitrogens with zero attached hydrogens (tertiary/aromatic N) is 2. The van der Waals surface area contributed by atoms with Crippen molar-refractivity contribution in [3.8, 4) is 0 Å². The highest BCUT2D eigenvalue weighted by atomic mass is 15.3. The third kappa shape index (κ3) is 5.57. The molecule has 6 aliphatic carbocycles. The van der Waals surface area contributed by atoms with Crippen LogP contribution in [0.25, 0.3) is 0 Å². The Balaban J connectivity index is 1.13. The average Bonchev–Trinajstić information content (AvgIpc) is 3.35. The first-order valence-electron chi connectivity index (χ1n) is 24.0. The minimum atomic E-state index is 0.246. The van der Waals surface area contributed by atoms with E-state index >= 15 is 0 Å². The van der Waals surface area contributed by atoms with E-state index in [1.807, 2.05) is 16.6 Å². The van der Waals surface area contributed by atoms with E-state index in [0.29, 0.717) is 29.6 Å². The molecule has 6 fully saturated rings. The molecular formula is C50H77BN2. The summed E-state index contributed by atoms with van der Waals surface area (Å²) in [5.41, 5.74) is 10.2. The molecule has 0 aromatic heterocycles. The summed E-state index contributed by atoms with van der Waals surface area (Å²) < 4.78 is 0. The summed E-state index contributed by atoms with van der Waals surface area (Å²) in [5.74, 6) is 5.91. The lowest BCUT2D eigenvalue weighted by atomic mass is 9.25. The fraction of sp³-hybridized carbons (Fsp3) is 0.840. The molecule has 1 spiro atoms. The second kappa shape index (κ2) is 13.4. The molecule has 0 N–H and O–H groups in total. The highest BCUT2D eigenvalue weighted by Gasteiger charge is 2.69. The maximum atomic E-state index is 3.29. The molecular weight excluding hydrogens is 639 g/mol. The highest BCUT2D eigenvalue weighted by molar-refractivity contribution is 6.83. The maximum Gasteiger partial charge on any atom is 0.216 e. The Kier molecular flexibility index (Phi) is 9.07. The minimum Gasteiger partial charge on any atom is -0.367 e. The van der Waals surface area contributed by atoms with Crippen LogP contribution >= 0.6 is 0 Å². The van der Waals surface area contributed by atoms with Crippen LogP contribution in [0.5, 0.6) is 0 Å². The molecule has 1 aromatic carbocycles. The van der Waals surface area contributed by atoms with Gasteiger partial charge in [0.15, 0.2) is 0 Å². The third-order valence-electron chi connectivity index (χ3n) is 19.2. The van der Waals surface area contributed by atoms with Gasteiger partial charge in [-0.05, 0) is 143 Å². The Hall–Kier alpha value is -1.38. The van der Waals surface area contributed by atoms with Crippen LogP contribution in [0.2, 0.25) is 5.82 Å². The zero-order valence-corrected chi connectivity index (χ0v) is 35.2. The van der Waals surface area contributed by atoms with E-state index in [0.717, 1.165) is 47.4 Å². The molecule has 6 atom stereocenters. The van der Waals surface area contributed by atoms with Crippen molar-refractivity contribution in [3.05, 3.63) is 34.9 Å². The number of hydrogen-bond acceptors (Lipinski definition) is 2. The molecule has 3 heteroatoms. The van der Waals surface area contributed by atoms with E-state index in [4.69, 9.17) is 0 Å². The Morgan fingerprint density at radius 2 is 1.36 bits per heavy atom. The summed E-state index contributed by atoms with van der Waals surface area (Å²) in [6, 6.07) is 10.4. The molecule has 2 nitrogen and oxygen atoms in total. The standard InChI is InChI=1S/C50H77BN2/c1-33-28-44-46-45(29-33)53-47-40(50(49(53,5)6)26-14-9-15-27-50)31-38(48(2,3)4)32-42(47)51(46)41-30-37(35-18-12-8-13-19-35)22-25-43(41)52(44)39-23-20-36(21-24-39)34-16-10-7-11-17-34/h22,25,30,33-36,38-40,44-46H,7-21,23-24,26-29,31-32H2,1-6H3. The topological polar surface area (TPSA) is 6.48 Å². The first kappa shape index (κ1) is 36.0. The van der Waals surface area contributed by atoms with Crippen LogP contribution in [-0.2, 0) is 0 Å². The maximum absolute atomic E-state index is 3.29. The van der Waals surface area contributed by atoms with E-state index in [2.05, 4.69) is 69.5 Å². The van der Waals surface area contributed by atoms with Crippen molar-refractivity contribution in [2.75, 3.05) is 4.90 Å². The van der Waals surface area contributed by atoms with Gasteiger partial charge < -0.3 is 9.80 Å². The van der Waals surface area contributed by atoms with Crippen molar-refractivity contribution in [1.82, 2.24) is 4.90 Å². The number of fused-ring (bicyclic) bond motifs is 5. The first-order chi connectivity index (χ1) is 25.6. The van der Waals surface area contributed by atoms with Crippen LogP contribution in [0.15, 0.2) is 29.4 Å². The van der Waals surface area contributed by atoms with Crippen LogP contribution in [0, 0.1) is 40.4 Å². The van der Waals surface area contributed by atoms with Crippen molar-refractivity contribution in [2.24, 2.45) is 40.4 Å². The number of benzene rings is 1. The molecule has 0 bridgehead atoms. The summed E-state index contributed by atoms with van der Waals surface area (Å²) in [4.78, 5) is 6.50. The zero-order chi connectivity index (χ0) is 36.3. The predicted octanol–water partition coefficient (Wildman–Crippen LogP) is 12.9. The van der Waals surface area contributed by atoms with Gasteiger partial charge in [0, 0.05) is 46.4 Å². The van der Waals surface area contributed by atoms with Gasteiger partial charge in [0.05, 0.1) is 0 Å². The van der Waals surface area contributed by atoms with E-state index < -0.39 is 0 Å². The lowest BCUT2D eigenvalue weighted by molar-refractivity contribution is -0.0165. The first-order valence-corrected chi connectivity index (χ1v) is 24.0. The lowest BCUT2D eigenvalue weighted by Gasteiger charge is -2.63. The minimum absolute atomic E-state index is 0.246. The molecule has 0 radical (unpaired) electrons. The molecule has 3 aliphatic heterocycles. The van der Waals surface area contributed by atoms with E-state index in [9.17, 15) is 0 Å². The van der Waals surface area contributed by atoms with Gasteiger partial charge in [-0.1, -0.05) is 121 Å². The Bertz CT molecular complexity index is 1540. The van der Waals surface area contributed by atoms with E-state index in [1.54, 1.807) is 11.3 Å². The smallest absolute Gasteiger partial charge is 0.216 e. The molecule has 0 amide bonds. The summed E-state index contributed by atoms with van der Waals surface area (Å²) in [7, 11) is 0. The normalized spacial score (nSPS) is 38.5. The quantitative estimate of drug-likeness (QED) is 0.287. The van der Waals surface area contributed by atoms with Gasteiger partial charge >= 0.3 is 0 Å². The molecule has 6 unspecified atom stereocenters. The summed E-state index contributed by atoms with van der Waals surface area (Å²) in [6.45, 7) is 16.7. The second-order valence-corrected chi connectivity index (χ2v) is 22.9. The fourth-order valence-corrected chi connectivity index (χ4v) is 16.5. The lowest BCUT2D eigenvalue weighted by Crippen LogP contribution is -2.69. The molecule has 1 saturated heterocycles. The number of rotatable bonds is 3. The van der Waals surface area contributed by atoms with Gasteiger partial charge in [-0.2, -0.15) is 0 Å². The van der Waals surface area contributed by atoms with E-state index in [1.165, 1.54) is 148 Å². The number of anilines is 1. The predicted molar refractivity (Wildman–Crippen MR) is 226 cm³/mol. The Morgan fingerprint density at radius 1 is 0.717 bits per heavy atom. The van der Waals surface area contributed by atoms with Crippen molar-refractivity contribution in [3.63, 3.8) is 0 Å². The van der Waals surface area contributed by atoms with Crippen LogP contribution in [0.3, 0.4) is 0 Å². The van der Waals surface area contributed by atoms with Crippen molar-refractivity contribution in [1.29, 1.82) is 0 Å². The zero-order valence-electron chi connectivity index (χ0n) is 35.2. The fourth-order valence-electron chi connectivity index (χ4n) is 16.5. The van der Waals surface area contributed by atoms with Gasteiger partial charge in [-0.15, -0.1) is 0 Å². The Labute approximate surface area is 326 Å². The van der Waals surface area contributed by atoms with Gasteiger partial charge in [0.2, 0.25) is 6.71 Å². The van der Waals surface area contributed by atoms with Crippen LogP contribution < -0.4 is 10.4 Å². The van der Waals surface area contributed by atoms with Gasteiger partial charge in [0.25, 0.3) is 0 Å². The van der Waals surface area contributed by atoms with Gasteiger partial charge in [-0.25, -0.2) is 0 Å². The van der Waals surface area contributed by atoms with Crippen molar-refractivity contribution >= 4 is 17.9 Å². The molecule has 5 saturated carbocycles. The van der Waals surface area contributed by atoms with Gasteiger partial charge in [-0.3, -0.25) is 0 Å². The molecule has 53 heavy (non-hydrogen) atoms. The average molecular weight is 717 g/mol.